The largest absolute Gasteiger partial charge is 0.342 e. The molecule has 0 spiro atoms. The molecule has 1 aromatic heterocycles. The van der Waals surface area contributed by atoms with Crippen molar-refractivity contribution in [1.29, 1.82) is 0 Å². The molecule has 3 rings (SSSR count). The normalized spacial score (nSPS) is 23.6. The summed E-state index contributed by atoms with van der Waals surface area (Å²) in [5.74, 6) is 0.214. The molecule has 6 nitrogen and oxygen atoms in total. The minimum absolute atomic E-state index is 0.0776. The monoisotopic (exact) mass is 332 g/mol. The van der Waals surface area contributed by atoms with Gasteiger partial charge >= 0.3 is 0 Å². The number of aryl methyl sites for hydroxylation is 1. The van der Waals surface area contributed by atoms with Gasteiger partial charge in [-0.15, -0.1) is 0 Å². The van der Waals surface area contributed by atoms with Crippen LogP contribution in [0.2, 0.25) is 0 Å². The molecule has 6 heteroatoms. The lowest BCUT2D eigenvalue weighted by molar-refractivity contribution is -0.145. The van der Waals surface area contributed by atoms with Gasteiger partial charge in [-0.3, -0.25) is 14.3 Å². The summed E-state index contributed by atoms with van der Waals surface area (Å²) in [6.07, 6.45) is 9.05. The Hall–Kier alpha value is -1.85. The van der Waals surface area contributed by atoms with E-state index < -0.39 is 5.54 Å². The number of hydrogen-bond donors (Lipinski definition) is 1. The summed E-state index contributed by atoms with van der Waals surface area (Å²) >= 11 is 0. The second-order valence-electron chi connectivity index (χ2n) is 7.55. The maximum Gasteiger partial charge on any atom is 0.248 e. The van der Waals surface area contributed by atoms with Crippen LogP contribution < -0.4 is 5.32 Å². The van der Waals surface area contributed by atoms with Crippen LogP contribution >= 0.6 is 0 Å². The highest BCUT2D eigenvalue weighted by molar-refractivity contribution is 5.91. The SMILES string of the molecule is CC(=O)N[C@@](C)(C(=O)N1CCCC[C@@H]1Cn1cc(C)cn1)C1CC1. The zero-order chi connectivity index (χ0) is 17.3. The van der Waals surface area contributed by atoms with Crippen molar-refractivity contribution in [3.8, 4) is 0 Å². The van der Waals surface area contributed by atoms with E-state index in [1.165, 1.54) is 6.92 Å². The first-order chi connectivity index (χ1) is 11.4. The Bertz CT molecular complexity index is 622. The van der Waals surface area contributed by atoms with Gasteiger partial charge in [0.25, 0.3) is 0 Å². The van der Waals surface area contributed by atoms with Gasteiger partial charge in [0.05, 0.1) is 18.8 Å². The zero-order valence-corrected chi connectivity index (χ0v) is 14.9. The van der Waals surface area contributed by atoms with E-state index in [-0.39, 0.29) is 23.8 Å². The Morgan fingerprint density at radius 3 is 2.67 bits per heavy atom. The molecule has 1 aromatic rings. The van der Waals surface area contributed by atoms with Crippen molar-refractivity contribution in [2.24, 2.45) is 5.92 Å². The fourth-order valence-electron chi connectivity index (χ4n) is 3.90. The number of carbonyl (C=O) groups excluding carboxylic acids is 2. The predicted molar refractivity (Wildman–Crippen MR) is 91.3 cm³/mol. The van der Waals surface area contributed by atoms with Gasteiger partial charge in [0.1, 0.15) is 5.54 Å². The molecule has 2 atom stereocenters. The topological polar surface area (TPSA) is 67.2 Å². The lowest BCUT2D eigenvalue weighted by atomic mass is 9.90. The van der Waals surface area contributed by atoms with E-state index >= 15 is 0 Å². The molecule has 2 amide bonds. The highest BCUT2D eigenvalue weighted by Crippen LogP contribution is 2.41. The summed E-state index contributed by atoms with van der Waals surface area (Å²) in [5.41, 5.74) is 0.367. The van der Waals surface area contributed by atoms with Crippen molar-refractivity contribution in [2.75, 3.05) is 6.54 Å². The van der Waals surface area contributed by atoms with E-state index in [1.54, 1.807) is 0 Å². The number of nitrogens with zero attached hydrogens (tertiary/aromatic N) is 3. The Morgan fingerprint density at radius 2 is 2.08 bits per heavy atom. The number of amides is 2. The Morgan fingerprint density at radius 1 is 1.33 bits per heavy atom. The van der Waals surface area contributed by atoms with Gasteiger partial charge in [0, 0.05) is 19.7 Å². The Kier molecular flexibility index (Phi) is 4.65. The van der Waals surface area contributed by atoms with Crippen LogP contribution in [0, 0.1) is 12.8 Å². The highest BCUT2D eigenvalue weighted by Gasteiger charge is 2.50. The molecule has 2 fully saturated rings. The molecule has 0 bridgehead atoms. The third kappa shape index (κ3) is 3.47. The number of rotatable bonds is 5. The van der Waals surface area contributed by atoms with Crippen molar-refractivity contribution < 1.29 is 9.59 Å². The van der Waals surface area contributed by atoms with E-state index in [0.717, 1.165) is 50.8 Å². The molecule has 0 radical (unpaired) electrons. The highest BCUT2D eigenvalue weighted by atomic mass is 16.2. The van der Waals surface area contributed by atoms with E-state index in [9.17, 15) is 9.59 Å². The number of aromatic nitrogens is 2. The standard InChI is InChI=1S/C18H28N4O2/c1-13-10-19-21(11-13)12-16-6-4-5-9-22(16)17(24)18(3,15-7-8-15)20-14(2)23/h10-11,15-16H,4-9,12H2,1-3H3,(H,20,23)/t16-,18-/m1/s1. The van der Waals surface area contributed by atoms with Gasteiger partial charge < -0.3 is 10.2 Å². The molecule has 132 valence electrons. The molecule has 1 saturated carbocycles. The number of piperidine rings is 1. The smallest absolute Gasteiger partial charge is 0.248 e. The zero-order valence-electron chi connectivity index (χ0n) is 14.9. The number of hydrogen-bond acceptors (Lipinski definition) is 3. The van der Waals surface area contributed by atoms with Crippen molar-refractivity contribution in [2.45, 2.75) is 71.0 Å². The van der Waals surface area contributed by atoms with Crippen LogP contribution in [0.3, 0.4) is 0 Å². The Labute approximate surface area is 143 Å². The van der Waals surface area contributed by atoms with Crippen LogP contribution in [0.25, 0.3) is 0 Å². The minimum Gasteiger partial charge on any atom is -0.342 e. The molecule has 2 heterocycles. The number of likely N-dealkylation sites (tertiary alicyclic amines) is 1. The maximum absolute atomic E-state index is 13.3. The molecule has 1 aliphatic heterocycles. The van der Waals surface area contributed by atoms with Gasteiger partial charge in [-0.2, -0.15) is 5.10 Å². The van der Waals surface area contributed by atoms with E-state index in [1.807, 2.05) is 35.8 Å². The van der Waals surface area contributed by atoms with Crippen LogP contribution in [-0.4, -0.2) is 44.6 Å². The third-order valence-electron chi connectivity index (χ3n) is 5.32. The van der Waals surface area contributed by atoms with Gasteiger partial charge in [0.15, 0.2) is 0 Å². The summed E-state index contributed by atoms with van der Waals surface area (Å²) in [7, 11) is 0. The van der Waals surface area contributed by atoms with Crippen LogP contribution in [0.5, 0.6) is 0 Å². The predicted octanol–water partition coefficient (Wildman–Crippen LogP) is 1.88. The van der Waals surface area contributed by atoms with Crippen LogP contribution in [0.4, 0.5) is 0 Å². The fraction of sp³-hybridized carbons (Fsp3) is 0.722. The summed E-state index contributed by atoms with van der Waals surface area (Å²) in [6, 6.07) is 0.150. The van der Waals surface area contributed by atoms with Gasteiger partial charge in [-0.1, -0.05) is 0 Å². The summed E-state index contributed by atoms with van der Waals surface area (Å²) in [4.78, 5) is 27.0. The summed E-state index contributed by atoms with van der Waals surface area (Å²) in [5, 5.41) is 7.32. The lowest BCUT2D eigenvalue weighted by Crippen LogP contribution is -2.62. The summed E-state index contributed by atoms with van der Waals surface area (Å²) < 4.78 is 1.93. The second kappa shape index (κ2) is 6.57. The van der Waals surface area contributed by atoms with Crippen molar-refractivity contribution in [3.63, 3.8) is 0 Å². The van der Waals surface area contributed by atoms with Crippen LogP contribution in [0.1, 0.15) is 51.5 Å². The van der Waals surface area contributed by atoms with Crippen molar-refractivity contribution in [1.82, 2.24) is 20.0 Å². The van der Waals surface area contributed by atoms with Crippen molar-refractivity contribution in [3.05, 3.63) is 18.0 Å². The first-order valence-electron chi connectivity index (χ1n) is 8.99. The molecule has 0 unspecified atom stereocenters. The minimum atomic E-state index is -0.762. The van der Waals surface area contributed by atoms with E-state index in [2.05, 4.69) is 10.4 Å². The molecule has 1 N–H and O–H groups in total. The average molecular weight is 332 g/mol. The molecule has 24 heavy (non-hydrogen) atoms. The number of nitrogens with one attached hydrogen (secondary N) is 1. The third-order valence-corrected chi connectivity index (χ3v) is 5.32. The van der Waals surface area contributed by atoms with Gasteiger partial charge in [-0.25, -0.2) is 0 Å². The van der Waals surface area contributed by atoms with E-state index in [4.69, 9.17) is 0 Å². The van der Waals surface area contributed by atoms with Crippen LogP contribution in [0.15, 0.2) is 12.4 Å². The van der Waals surface area contributed by atoms with Crippen molar-refractivity contribution >= 4 is 11.8 Å². The molecule has 1 saturated heterocycles. The lowest BCUT2D eigenvalue weighted by Gasteiger charge is -2.42. The molecule has 2 aliphatic rings. The van der Waals surface area contributed by atoms with Crippen LogP contribution in [-0.2, 0) is 16.1 Å². The Balaban J connectivity index is 1.78. The fourth-order valence-corrected chi connectivity index (χ4v) is 3.90. The summed E-state index contributed by atoms with van der Waals surface area (Å²) in [6.45, 7) is 6.91. The maximum atomic E-state index is 13.3. The quantitative estimate of drug-likeness (QED) is 0.895. The average Bonchev–Trinajstić information content (AvgIpc) is 3.31. The number of carbonyl (C=O) groups is 2. The first-order valence-corrected chi connectivity index (χ1v) is 8.99. The second-order valence-corrected chi connectivity index (χ2v) is 7.55. The van der Waals surface area contributed by atoms with Gasteiger partial charge in [0.2, 0.25) is 11.8 Å². The molecular weight excluding hydrogens is 304 g/mol. The van der Waals surface area contributed by atoms with E-state index in [0.29, 0.717) is 0 Å². The van der Waals surface area contributed by atoms with Gasteiger partial charge in [-0.05, 0) is 57.4 Å². The molecule has 0 aromatic carbocycles. The first kappa shape index (κ1) is 17.0. The molecule has 1 aliphatic carbocycles. The molecular formula is C18H28N4O2.